The van der Waals surface area contributed by atoms with Crippen LogP contribution < -0.4 is 5.32 Å². The van der Waals surface area contributed by atoms with Crippen molar-refractivity contribution in [1.82, 2.24) is 9.97 Å². The second-order valence-electron chi connectivity index (χ2n) is 4.42. The fourth-order valence-electron chi connectivity index (χ4n) is 2.07. The van der Waals surface area contributed by atoms with Crippen molar-refractivity contribution in [3.05, 3.63) is 51.6 Å². The smallest absolute Gasteiger partial charge is 0.0925 e. The number of aromatic nitrogens is 2. The maximum atomic E-state index is 6.17. The van der Waals surface area contributed by atoms with Crippen LogP contribution in [0.25, 0.3) is 10.9 Å². The molecule has 0 aliphatic heterocycles. The summed E-state index contributed by atoms with van der Waals surface area (Å²) in [6.07, 6.45) is 4.68. The van der Waals surface area contributed by atoms with E-state index in [0.717, 1.165) is 29.6 Å². The number of nitrogens with one attached hydrogen (secondary N) is 1. The standard InChI is InChI=1S/C15H14ClN3S/c1-2-14-19-9-10(20-14)8-18-13-6-5-12(16)15-11(13)4-3-7-17-15/h3-7,9,18H,2,8H2,1H3. The van der Waals surface area contributed by atoms with Crippen molar-refractivity contribution >= 4 is 39.5 Å². The SMILES string of the molecule is CCc1ncc(CNc2ccc(Cl)c3ncccc23)s1. The molecule has 0 aliphatic rings. The zero-order valence-corrected chi connectivity index (χ0v) is 12.6. The minimum atomic E-state index is 0.678. The highest BCUT2D eigenvalue weighted by Crippen LogP contribution is 2.28. The van der Waals surface area contributed by atoms with Crippen LogP contribution in [0.15, 0.2) is 36.7 Å². The Morgan fingerprint density at radius 1 is 1.25 bits per heavy atom. The monoisotopic (exact) mass is 303 g/mol. The summed E-state index contributed by atoms with van der Waals surface area (Å²) in [4.78, 5) is 9.93. The van der Waals surface area contributed by atoms with E-state index in [4.69, 9.17) is 11.6 Å². The number of aryl methyl sites for hydroxylation is 1. The van der Waals surface area contributed by atoms with Crippen LogP contribution in [-0.2, 0) is 13.0 Å². The highest BCUT2D eigenvalue weighted by Gasteiger charge is 2.06. The lowest BCUT2D eigenvalue weighted by molar-refractivity contribution is 1.09. The van der Waals surface area contributed by atoms with Crippen molar-refractivity contribution < 1.29 is 0 Å². The molecule has 3 rings (SSSR count). The van der Waals surface area contributed by atoms with E-state index in [1.165, 1.54) is 9.88 Å². The third kappa shape index (κ3) is 2.62. The number of hydrogen-bond acceptors (Lipinski definition) is 4. The highest BCUT2D eigenvalue weighted by atomic mass is 35.5. The van der Waals surface area contributed by atoms with Crippen molar-refractivity contribution in [2.75, 3.05) is 5.32 Å². The molecule has 3 nitrogen and oxygen atoms in total. The van der Waals surface area contributed by atoms with E-state index in [1.807, 2.05) is 30.5 Å². The summed E-state index contributed by atoms with van der Waals surface area (Å²) in [6, 6.07) is 7.82. The molecule has 3 aromatic rings. The summed E-state index contributed by atoms with van der Waals surface area (Å²) < 4.78 is 0. The number of benzene rings is 1. The first kappa shape index (κ1) is 13.3. The van der Waals surface area contributed by atoms with Gasteiger partial charge in [0.05, 0.1) is 22.1 Å². The number of nitrogens with zero attached hydrogens (tertiary/aromatic N) is 2. The number of thiazole rings is 1. The van der Waals surface area contributed by atoms with Crippen LogP contribution in [0.2, 0.25) is 5.02 Å². The average molecular weight is 304 g/mol. The van der Waals surface area contributed by atoms with Gasteiger partial charge in [0.1, 0.15) is 0 Å². The van der Waals surface area contributed by atoms with Gasteiger partial charge in [-0.3, -0.25) is 4.98 Å². The van der Waals surface area contributed by atoms with Crippen molar-refractivity contribution in [3.63, 3.8) is 0 Å². The summed E-state index contributed by atoms with van der Waals surface area (Å²) in [5.74, 6) is 0. The molecular weight excluding hydrogens is 290 g/mol. The summed E-state index contributed by atoms with van der Waals surface area (Å²) in [6.45, 7) is 2.89. The third-order valence-corrected chi connectivity index (χ3v) is 4.52. The Labute approximate surface area is 126 Å². The number of rotatable bonds is 4. The van der Waals surface area contributed by atoms with E-state index < -0.39 is 0 Å². The molecule has 2 aromatic heterocycles. The Bertz CT molecular complexity index is 739. The van der Waals surface area contributed by atoms with Crippen LogP contribution in [0, 0.1) is 0 Å². The normalized spacial score (nSPS) is 10.9. The Kier molecular flexibility index (Phi) is 3.85. The van der Waals surface area contributed by atoms with Crippen LogP contribution >= 0.6 is 22.9 Å². The number of anilines is 1. The molecule has 0 bridgehead atoms. The molecule has 0 unspecified atom stereocenters. The van der Waals surface area contributed by atoms with Gasteiger partial charge in [0.25, 0.3) is 0 Å². The fourth-order valence-corrected chi connectivity index (χ4v) is 3.08. The van der Waals surface area contributed by atoms with Gasteiger partial charge in [-0.1, -0.05) is 18.5 Å². The van der Waals surface area contributed by atoms with Crippen LogP contribution in [0.1, 0.15) is 16.8 Å². The first-order valence-electron chi connectivity index (χ1n) is 6.48. The molecule has 0 saturated carbocycles. The molecule has 5 heteroatoms. The zero-order valence-electron chi connectivity index (χ0n) is 11.1. The molecule has 0 aliphatic carbocycles. The summed E-state index contributed by atoms with van der Waals surface area (Å²) in [5, 5.41) is 6.33. The number of fused-ring (bicyclic) bond motifs is 1. The molecule has 2 heterocycles. The Morgan fingerprint density at radius 2 is 2.15 bits per heavy atom. The summed E-state index contributed by atoms with van der Waals surface area (Å²) >= 11 is 7.92. The van der Waals surface area contributed by atoms with Crippen LogP contribution in [0.5, 0.6) is 0 Å². The molecule has 1 N–H and O–H groups in total. The highest BCUT2D eigenvalue weighted by molar-refractivity contribution is 7.11. The molecule has 0 saturated heterocycles. The van der Waals surface area contributed by atoms with E-state index in [9.17, 15) is 0 Å². The molecular formula is C15H14ClN3S. The van der Waals surface area contributed by atoms with Crippen molar-refractivity contribution in [2.24, 2.45) is 0 Å². The minimum absolute atomic E-state index is 0.678. The number of pyridine rings is 1. The van der Waals surface area contributed by atoms with Gasteiger partial charge >= 0.3 is 0 Å². The molecule has 102 valence electrons. The van der Waals surface area contributed by atoms with Gasteiger partial charge in [0.2, 0.25) is 0 Å². The lowest BCUT2D eigenvalue weighted by Crippen LogP contribution is -1.98. The third-order valence-electron chi connectivity index (χ3n) is 3.08. The molecule has 0 amide bonds. The first-order chi connectivity index (χ1) is 9.78. The summed E-state index contributed by atoms with van der Waals surface area (Å²) in [5.41, 5.74) is 1.88. The zero-order chi connectivity index (χ0) is 13.9. The maximum absolute atomic E-state index is 6.17. The quantitative estimate of drug-likeness (QED) is 0.770. The molecule has 0 fully saturated rings. The van der Waals surface area contributed by atoms with E-state index in [2.05, 4.69) is 22.2 Å². The maximum Gasteiger partial charge on any atom is 0.0925 e. The van der Waals surface area contributed by atoms with E-state index in [-0.39, 0.29) is 0 Å². The molecule has 0 radical (unpaired) electrons. The topological polar surface area (TPSA) is 37.8 Å². The Morgan fingerprint density at radius 3 is 2.95 bits per heavy atom. The van der Waals surface area contributed by atoms with Gasteiger partial charge < -0.3 is 5.32 Å². The van der Waals surface area contributed by atoms with Crippen LogP contribution in [-0.4, -0.2) is 9.97 Å². The molecule has 0 spiro atoms. The van der Waals surface area contributed by atoms with Crippen LogP contribution in [0.4, 0.5) is 5.69 Å². The van der Waals surface area contributed by atoms with Gasteiger partial charge in [-0.2, -0.15) is 0 Å². The number of hydrogen-bond donors (Lipinski definition) is 1. The average Bonchev–Trinajstić information content (AvgIpc) is 2.95. The van der Waals surface area contributed by atoms with E-state index in [0.29, 0.717) is 5.02 Å². The lowest BCUT2D eigenvalue weighted by atomic mass is 10.2. The van der Waals surface area contributed by atoms with Crippen molar-refractivity contribution in [3.8, 4) is 0 Å². The Hall–Kier alpha value is -1.65. The first-order valence-corrected chi connectivity index (χ1v) is 7.68. The van der Waals surface area contributed by atoms with E-state index in [1.54, 1.807) is 17.5 Å². The second-order valence-corrected chi connectivity index (χ2v) is 6.03. The van der Waals surface area contributed by atoms with Crippen molar-refractivity contribution in [2.45, 2.75) is 19.9 Å². The van der Waals surface area contributed by atoms with E-state index >= 15 is 0 Å². The number of halogens is 1. The van der Waals surface area contributed by atoms with Gasteiger partial charge in [0.15, 0.2) is 0 Å². The fraction of sp³-hybridized carbons (Fsp3) is 0.200. The van der Waals surface area contributed by atoms with Crippen molar-refractivity contribution in [1.29, 1.82) is 0 Å². The predicted molar refractivity (Wildman–Crippen MR) is 85.6 cm³/mol. The van der Waals surface area contributed by atoms with Gasteiger partial charge in [-0.25, -0.2) is 4.98 Å². The predicted octanol–water partition coefficient (Wildman–Crippen LogP) is 4.52. The molecule has 0 atom stereocenters. The minimum Gasteiger partial charge on any atom is -0.380 e. The van der Waals surface area contributed by atoms with Crippen LogP contribution in [0.3, 0.4) is 0 Å². The lowest BCUT2D eigenvalue weighted by Gasteiger charge is -2.09. The second kappa shape index (κ2) is 5.77. The van der Waals surface area contributed by atoms with Gasteiger partial charge in [-0.15, -0.1) is 11.3 Å². The van der Waals surface area contributed by atoms with Gasteiger partial charge in [-0.05, 0) is 30.7 Å². The molecule has 1 aromatic carbocycles. The summed E-state index contributed by atoms with van der Waals surface area (Å²) in [7, 11) is 0. The largest absolute Gasteiger partial charge is 0.380 e. The molecule has 20 heavy (non-hydrogen) atoms. The van der Waals surface area contributed by atoms with Gasteiger partial charge in [0, 0.05) is 28.3 Å². The Balaban J connectivity index is 1.86.